The van der Waals surface area contributed by atoms with E-state index in [0.29, 0.717) is 36.5 Å². The lowest BCUT2D eigenvalue weighted by molar-refractivity contribution is -0.141. The number of piperidine rings is 1. The summed E-state index contributed by atoms with van der Waals surface area (Å²) in [5, 5.41) is 4.54. The van der Waals surface area contributed by atoms with E-state index in [9.17, 15) is 18.0 Å². The molecule has 2 aromatic heterocycles. The second kappa shape index (κ2) is 7.05. The van der Waals surface area contributed by atoms with Crippen LogP contribution in [0, 0.1) is 5.92 Å². The molecular weight excluding hydrogens is 395 g/mol. The fourth-order valence-corrected chi connectivity index (χ4v) is 3.51. The van der Waals surface area contributed by atoms with Gasteiger partial charge in [0.25, 0.3) is 5.78 Å². The first-order chi connectivity index (χ1) is 13.3. The van der Waals surface area contributed by atoms with E-state index in [2.05, 4.69) is 15.1 Å². The molecule has 0 spiro atoms. The lowest BCUT2D eigenvalue weighted by Crippen LogP contribution is -2.37. The van der Waals surface area contributed by atoms with Gasteiger partial charge in [0.2, 0.25) is 0 Å². The average Bonchev–Trinajstić information content (AvgIpc) is 3.15. The maximum absolute atomic E-state index is 13.2. The summed E-state index contributed by atoms with van der Waals surface area (Å²) >= 11 is 5.86. The molecule has 4 rings (SSSR count). The number of fused-ring (bicyclic) bond motifs is 1. The highest BCUT2D eigenvalue weighted by Crippen LogP contribution is 2.32. The van der Waals surface area contributed by atoms with Gasteiger partial charge in [-0.15, -0.1) is 0 Å². The third-order valence-electron chi connectivity index (χ3n) is 4.84. The molecule has 0 amide bonds. The van der Waals surface area contributed by atoms with E-state index >= 15 is 0 Å². The van der Waals surface area contributed by atoms with E-state index in [0.717, 1.165) is 6.07 Å². The molecule has 1 aliphatic rings. The lowest BCUT2D eigenvalue weighted by Gasteiger charge is -2.33. The van der Waals surface area contributed by atoms with Crippen molar-refractivity contribution in [1.29, 1.82) is 0 Å². The van der Waals surface area contributed by atoms with Crippen molar-refractivity contribution in [3.8, 4) is 0 Å². The number of rotatable bonds is 3. The van der Waals surface area contributed by atoms with Crippen LogP contribution in [-0.2, 0) is 6.18 Å². The third kappa shape index (κ3) is 3.54. The van der Waals surface area contributed by atoms with E-state index in [4.69, 9.17) is 11.6 Å². The molecule has 28 heavy (non-hydrogen) atoms. The highest BCUT2D eigenvalue weighted by Gasteiger charge is 2.35. The molecule has 0 bridgehead atoms. The van der Waals surface area contributed by atoms with Crippen molar-refractivity contribution in [1.82, 2.24) is 19.6 Å². The number of hydrogen-bond acceptors (Lipinski definition) is 5. The van der Waals surface area contributed by atoms with Crippen LogP contribution < -0.4 is 4.90 Å². The maximum Gasteiger partial charge on any atom is 0.433 e. The number of hydrogen-bond donors (Lipinski definition) is 0. The molecule has 1 fully saturated rings. The number of alkyl halides is 3. The van der Waals surface area contributed by atoms with Crippen LogP contribution in [-0.4, -0.2) is 38.5 Å². The van der Waals surface area contributed by atoms with Gasteiger partial charge in [0.05, 0.1) is 0 Å². The number of aromatic nitrogens is 4. The number of nitrogens with zero attached hydrogens (tertiary/aromatic N) is 5. The minimum absolute atomic E-state index is 0.0212. The minimum Gasteiger partial charge on any atom is -0.356 e. The normalized spacial score (nSPS) is 15.9. The molecule has 1 aromatic carbocycles. The van der Waals surface area contributed by atoms with Crippen LogP contribution >= 0.6 is 11.6 Å². The maximum atomic E-state index is 13.2. The lowest BCUT2D eigenvalue weighted by atomic mass is 9.89. The number of ketones is 1. The van der Waals surface area contributed by atoms with E-state index in [1.807, 2.05) is 0 Å². The molecule has 6 nitrogen and oxygen atoms in total. The largest absolute Gasteiger partial charge is 0.433 e. The van der Waals surface area contributed by atoms with Gasteiger partial charge in [0.1, 0.15) is 12.1 Å². The first-order valence-electron chi connectivity index (χ1n) is 8.65. The molecule has 3 aromatic rings. The molecule has 10 heteroatoms. The summed E-state index contributed by atoms with van der Waals surface area (Å²) < 4.78 is 40.8. The van der Waals surface area contributed by atoms with Crippen molar-refractivity contribution in [2.45, 2.75) is 19.0 Å². The Bertz CT molecular complexity index is 1010. The zero-order valence-corrected chi connectivity index (χ0v) is 15.3. The predicted molar refractivity (Wildman–Crippen MR) is 96.5 cm³/mol. The topological polar surface area (TPSA) is 63.4 Å². The second-order valence-corrected chi connectivity index (χ2v) is 7.04. The van der Waals surface area contributed by atoms with Gasteiger partial charge in [-0.05, 0) is 37.1 Å². The highest BCUT2D eigenvalue weighted by atomic mass is 35.5. The summed E-state index contributed by atoms with van der Waals surface area (Å²) in [4.78, 5) is 21.8. The van der Waals surface area contributed by atoms with Gasteiger partial charge in [-0.25, -0.2) is 4.98 Å². The average molecular weight is 410 g/mol. The Hall–Kier alpha value is -2.68. The summed E-state index contributed by atoms with van der Waals surface area (Å²) in [7, 11) is 0. The summed E-state index contributed by atoms with van der Waals surface area (Å²) in [6, 6.07) is 7.69. The molecule has 1 saturated heterocycles. The van der Waals surface area contributed by atoms with Crippen molar-refractivity contribution in [3.63, 3.8) is 0 Å². The smallest absolute Gasteiger partial charge is 0.356 e. The Kier molecular flexibility index (Phi) is 4.70. The van der Waals surface area contributed by atoms with Crippen LogP contribution in [0.3, 0.4) is 0 Å². The van der Waals surface area contributed by atoms with Crippen molar-refractivity contribution in [2.75, 3.05) is 18.0 Å². The Balaban J connectivity index is 1.54. The van der Waals surface area contributed by atoms with Crippen LogP contribution in [0.5, 0.6) is 0 Å². The molecule has 146 valence electrons. The molecule has 0 atom stereocenters. The molecule has 3 heterocycles. The van der Waals surface area contributed by atoms with Crippen LogP contribution in [0.4, 0.5) is 19.0 Å². The number of benzene rings is 1. The summed E-state index contributed by atoms with van der Waals surface area (Å²) in [6.45, 7) is 0.862. The first kappa shape index (κ1) is 18.7. The van der Waals surface area contributed by atoms with Gasteiger partial charge < -0.3 is 4.90 Å². The Labute approximate surface area is 163 Å². The van der Waals surface area contributed by atoms with E-state index in [1.165, 1.54) is 10.8 Å². The third-order valence-corrected chi connectivity index (χ3v) is 5.09. The van der Waals surface area contributed by atoms with Crippen molar-refractivity contribution >= 4 is 29.0 Å². The van der Waals surface area contributed by atoms with E-state index < -0.39 is 11.9 Å². The summed E-state index contributed by atoms with van der Waals surface area (Å²) in [6.07, 6.45) is -2.35. The van der Waals surface area contributed by atoms with Crippen LogP contribution in [0.15, 0.2) is 36.7 Å². The van der Waals surface area contributed by atoms with Crippen molar-refractivity contribution < 1.29 is 18.0 Å². The van der Waals surface area contributed by atoms with Gasteiger partial charge in [0, 0.05) is 35.7 Å². The Morgan fingerprint density at radius 3 is 2.46 bits per heavy atom. The number of anilines is 1. The highest BCUT2D eigenvalue weighted by molar-refractivity contribution is 6.30. The SMILES string of the molecule is O=C(c1ccc(Cl)cc1)C1CCN(c2cc(C(F)(F)F)nc3ncnn23)CC1. The van der Waals surface area contributed by atoms with Crippen LogP contribution in [0.2, 0.25) is 5.02 Å². The van der Waals surface area contributed by atoms with Crippen LogP contribution in [0.1, 0.15) is 28.9 Å². The van der Waals surface area contributed by atoms with Crippen molar-refractivity contribution in [2.24, 2.45) is 5.92 Å². The fraction of sp³-hybridized carbons (Fsp3) is 0.333. The monoisotopic (exact) mass is 409 g/mol. The zero-order valence-electron chi connectivity index (χ0n) is 14.5. The van der Waals surface area contributed by atoms with Crippen LogP contribution in [0.25, 0.3) is 5.78 Å². The fourth-order valence-electron chi connectivity index (χ4n) is 3.39. The van der Waals surface area contributed by atoms with Gasteiger partial charge in [-0.3, -0.25) is 4.79 Å². The zero-order chi connectivity index (χ0) is 19.9. The van der Waals surface area contributed by atoms with Gasteiger partial charge in [-0.1, -0.05) is 11.6 Å². The van der Waals surface area contributed by atoms with Gasteiger partial charge in [0.15, 0.2) is 11.5 Å². The second-order valence-electron chi connectivity index (χ2n) is 6.60. The summed E-state index contributed by atoms with van der Waals surface area (Å²) in [5.41, 5.74) is -0.424. The molecule has 0 N–H and O–H groups in total. The van der Waals surface area contributed by atoms with Crippen molar-refractivity contribution in [3.05, 3.63) is 52.9 Å². The quantitative estimate of drug-likeness (QED) is 0.614. The molecular formula is C18H15ClF3N5O. The molecule has 0 aliphatic carbocycles. The number of Topliss-reactive ketones (excluding diaryl/α,β-unsaturated/α-hetero) is 1. The number of halogens is 4. The minimum atomic E-state index is -4.58. The van der Waals surface area contributed by atoms with Gasteiger partial charge in [-0.2, -0.15) is 27.8 Å². The summed E-state index contributed by atoms with van der Waals surface area (Å²) in [5.74, 6) is -0.00285. The molecule has 0 unspecified atom stereocenters. The Morgan fingerprint density at radius 2 is 1.82 bits per heavy atom. The van der Waals surface area contributed by atoms with E-state index in [1.54, 1.807) is 29.2 Å². The van der Waals surface area contributed by atoms with E-state index in [-0.39, 0.29) is 23.3 Å². The standard InChI is InChI=1S/C18H15ClF3N5O/c19-13-3-1-11(2-4-13)16(28)12-5-7-26(8-6-12)15-9-14(18(20,21)22)25-17-23-10-24-27(15)17/h1-4,9-10,12H,5-8H2. The Morgan fingerprint density at radius 1 is 1.14 bits per heavy atom. The molecule has 0 saturated carbocycles. The number of carbonyl (C=O) groups excluding carboxylic acids is 1. The number of carbonyl (C=O) groups is 1. The molecule has 0 radical (unpaired) electrons. The molecule has 1 aliphatic heterocycles. The first-order valence-corrected chi connectivity index (χ1v) is 9.03. The predicted octanol–water partition coefficient (Wildman–Crippen LogP) is 3.90. The van der Waals surface area contributed by atoms with Gasteiger partial charge >= 0.3 is 6.18 Å².